The number of aromatic nitrogens is 2. The van der Waals surface area contributed by atoms with E-state index in [-0.39, 0.29) is 11.3 Å². The van der Waals surface area contributed by atoms with Gasteiger partial charge in [-0.05, 0) is 24.1 Å². The van der Waals surface area contributed by atoms with Gasteiger partial charge >= 0.3 is 0 Å². The molecule has 0 atom stereocenters. The Bertz CT molecular complexity index is 401. The summed E-state index contributed by atoms with van der Waals surface area (Å²) in [6.07, 6.45) is 0. The molecule has 0 aliphatic carbocycles. The summed E-state index contributed by atoms with van der Waals surface area (Å²) in [6, 6.07) is 3.44. The second-order valence-electron chi connectivity index (χ2n) is 5.08. The highest BCUT2D eigenvalue weighted by Crippen LogP contribution is 2.17. The third-order valence-corrected chi connectivity index (χ3v) is 2.72. The number of nitrogens with two attached hydrogens (primary N) is 1. The Balaban J connectivity index is 2.76. The first-order valence-corrected chi connectivity index (χ1v) is 5.86. The number of hydrogen-bond donors (Lipinski definition) is 2. The fourth-order valence-electron chi connectivity index (χ4n) is 1.57. The maximum absolute atomic E-state index is 11.3. The van der Waals surface area contributed by atoms with E-state index in [1.165, 1.54) is 0 Å². The minimum Gasteiger partial charge on any atom is -0.358 e. The van der Waals surface area contributed by atoms with Crippen molar-refractivity contribution >= 4 is 11.7 Å². The molecular weight excluding hydrogens is 230 g/mol. The molecule has 0 spiro atoms. The molecule has 1 aromatic heterocycles. The van der Waals surface area contributed by atoms with Crippen LogP contribution < -0.4 is 16.0 Å². The number of nitrogens with zero attached hydrogens (tertiary/aromatic N) is 3. The smallest absolute Gasteiger partial charge is 0.271 e. The average Bonchev–Trinajstić information content (AvgIpc) is 2.37. The predicted octanol–water partition coefficient (Wildman–Crippen LogP) is 0.257. The van der Waals surface area contributed by atoms with E-state index < -0.39 is 0 Å². The quantitative estimate of drug-likeness (QED) is 0.784. The maximum atomic E-state index is 11.3. The summed E-state index contributed by atoms with van der Waals surface area (Å²) in [4.78, 5) is 13.3. The number of amides is 1. The summed E-state index contributed by atoms with van der Waals surface area (Å²) in [5.41, 5.74) is 6.02. The third-order valence-electron chi connectivity index (χ3n) is 2.72. The van der Waals surface area contributed by atoms with E-state index in [0.717, 1.165) is 12.4 Å². The first kappa shape index (κ1) is 14.4. The van der Waals surface area contributed by atoms with Gasteiger partial charge in [0.2, 0.25) is 0 Å². The third kappa shape index (κ3) is 3.66. The van der Waals surface area contributed by atoms with E-state index in [1.54, 1.807) is 19.2 Å². The van der Waals surface area contributed by atoms with Gasteiger partial charge in [0.25, 0.3) is 5.91 Å². The molecule has 0 aliphatic heterocycles. The fourth-order valence-corrected chi connectivity index (χ4v) is 1.57. The van der Waals surface area contributed by atoms with Crippen molar-refractivity contribution in [1.29, 1.82) is 0 Å². The fraction of sp³-hybridized carbons (Fsp3) is 0.583. The largest absolute Gasteiger partial charge is 0.358 e. The highest BCUT2D eigenvalue weighted by Gasteiger charge is 2.19. The van der Waals surface area contributed by atoms with Crippen molar-refractivity contribution in [3.8, 4) is 0 Å². The van der Waals surface area contributed by atoms with E-state index in [0.29, 0.717) is 12.2 Å². The van der Waals surface area contributed by atoms with Gasteiger partial charge in [-0.15, -0.1) is 10.2 Å². The molecule has 0 unspecified atom stereocenters. The van der Waals surface area contributed by atoms with Crippen LogP contribution in [0.1, 0.15) is 24.3 Å². The highest BCUT2D eigenvalue weighted by atomic mass is 16.1. The van der Waals surface area contributed by atoms with Crippen LogP contribution in [0.3, 0.4) is 0 Å². The van der Waals surface area contributed by atoms with E-state index in [9.17, 15) is 4.79 Å². The van der Waals surface area contributed by atoms with Crippen LogP contribution in [0.4, 0.5) is 5.82 Å². The van der Waals surface area contributed by atoms with E-state index in [2.05, 4.69) is 29.4 Å². The van der Waals surface area contributed by atoms with Crippen molar-refractivity contribution < 1.29 is 4.79 Å². The Kier molecular flexibility index (Phi) is 4.61. The zero-order valence-corrected chi connectivity index (χ0v) is 11.4. The molecule has 0 aliphatic rings. The topological polar surface area (TPSA) is 84.1 Å². The molecule has 0 radical (unpaired) electrons. The highest BCUT2D eigenvalue weighted by molar-refractivity contribution is 5.91. The molecule has 0 saturated heterocycles. The van der Waals surface area contributed by atoms with Crippen molar-refractivity contribution in [3.05, 3.63) is 17.8 Å². The van der Waals surface area contributed by atoms with Crippen LogP contribution in [0.5, 0.6) is 0 Å². The van der Waals surface area contributed by atoms with Crippen LogP contribution in [0.2, 0.25) is 0 Å². The van der Waals surface area contributed by atoms with Crippen LogP contribution in [0.25, 0.3) is 0 Å². The molecule has 100 valence electrons. The van der Waals surface area contributed by atoms with Crippen LogP contribution >= 0.6 is 0 Å². The Hall–Kier alpha value is -1.69. The first-order valence-electron chi connectivity index (χ1n) is 5.86. The lowest BCUT2D eigenvalue weighted by molar-refractivity contribution is 0.0957. The molecule has 3 N–H and O–H groups in total. The summed E-state index contributed by atoms with van der Waals surface area (Å²) in [5, 5.41) is 10.4. The Labute approximate surface area is 108 Å². The Morgan fingerprint density at radius 1 is 1.44 bits per heavy atom. The Morgan fingerprint density at radius 3 is 2.56 bits per heavy atom. The van der Waals surface area contributed by atoms with Crippen molar-refractivity contribution in [1.82, 2.24) is 15.5 Å². The van der Waals surface area contributed by atoms with Crippen molar-refractivity contribution in [2.24, 2.45) is 11.1 Å². The summed E-state index contributed by atoms with van der Waals surface area (Å²) < 4.78 is 0. The average molecular weight is 251 g/mol. The molecule has 1 rings (SSSR count). The van der Waals surface area contributed by atoms with Gasteiger partial charge in [-0.2, -0.15) is 0 Å². The SMILES string of the molecule is CNC(=O)c1ccc(N(C)CC(C)(C)CN)nn1. The van der Waals surface area contributed by atoms with Gasteiger partial charge in [-0.25, -0.2) is 0 Å². The zero-order chi connectivity index (χ0) is 13.8. The van der Waals surface area contributed by atoms with E-state index in [4.69, 9.17) is 5.73 Å². The van der Waals surface area contributed by atoms with Crippen LogP contribution in [0.15, 0.2) is 12.1 Å². The van der Waals surface area contributed by atoms with Gasteiger partial charge in [-0.3, -0.25) is 4.79 Å². The van der Waals surface area contributed by atoms with Gasteiger partial charge < -0.3 is 16.0 Å². The molecule has 0 bridgehead atoms. The van der Waals surface area contributed by atoms with Crippen LogP contribution in [-0.4, -0.2) is 43.3 Å². The van der Waals surface area contributed by atoms with E-state index in [1.807, 2.05) is 11.9 Å². The molecule has 1 amide bonds. The number of nitrogens with one attached hydrogen (secondary N) is 1. The predicted molar refractivity (Wildman–Crippen MR) is 71.5 cm³/mol. The zero-order valence-electron chi connectivity index (χ0n) is 11.4. The lowest BCUT2D eigenvalue weighted by Crippen LogP contribution is -2.37. The number of rotatable bonds is 5. The summed E-state index contributed by atoms with van der Waals surface area (Å²) in [7, 11) is 3.49. The number of carbonyl (C=O) groups is 1. The monoisotopic (exact) mass is 251 g/mol. The molecule has 1 aromatic rings. The molecule has 0 saturated carbocycles. The number of hydrogen-bond acceptors (Lipinski definition) is 5. The van der Waals surface area contributed by atoms with E-state index >= 15 is 0 Å². The van der Waals surface area contributed by atoms with Crippen molar-refractivity contribution in [2.75, 3.05) is 32.1 Å². The van der Waals surface area contributed by atoms with Crippen molar-refractivity contribution in [2.45, 2.75) is 13.8 Å². The summed E-state index contributed by atoms with van der Waals surface area (Å²) >= 11 is 0. The van der Waals surface area contributed by atoms with Gasteiger partial charge in [0.15, 0.2) is 11.5 Å². The second-order valence-corrected chi connectivity index (χ2v) is 5.08. The molecule has 6 heteroatoms. The van der Waals surface area contributed by atoms with Gasteiger partial charge in [0, 0.05) is 20.6 Å². The minimum atomic E-state index is -0.237. The maximum Gasteiger partial charge on any atom is 0.271 e. The second kappa shape index (κ2) is 5.77. The number of carbonyl (C=O) groups excluding carboxylic acids is 1. The van der Waals surface area contributed by atoms with Crippen molar-refractivity contribution in [3.63, 3.8) is 0 Å². The molecule has 6 nitrogen and oxygen atoms in total. The lowest BCUT2D eigenvalue weighted by Gasteiger charge is -2.29. The molecule has 0 fully saturated rings. The standard InChI is InChI=1S/C12H21N5O/c1-12(2,7-13)8-17(4)10-6-5-9(15-16-10)11(18)14-3/h5-6H,7-8,13H2,1-4H3,(H,14,18). The molecular formula is C12H21N5O. The summed E-state index contributed by atoms with van der Waals surface area (Å²) in [5.74, 6) is 0.489. The molecule has 1 heterocycles. The molecule has 18 heavy (non-hydrogen) atoms. The minimum absolute atomic E-state index is 0.00982. The summed E-state index contributed by atoms with van der Waals surface area (Å²) in [6.45, 7) is 5.56. The first-order chi connectivity index (χ1) is 8.39. The van der Waals surface area contributed by atoms with Gasteiger partial charge in [0.1, 0.15) is 0 Å². The Morgan fingerprint density at radius 2 is 2.11 bits per heavy atom. The van der Waals surface area contributed by atoms with Gasteiger partial charge in [-0.1, -0.05) is 13.8 Å². The van der Waals surface area contributed by atoms with Gasteiger partial charge in [0.05, 0.1) is 0 Å². The van der Waals surface area contributed by atoms with Crippen LogP contribution in [0, 0.1) is 5.41 Å². The number of anilines is 1. The lowest BCUT2D eigenvalue weighted by atomic mass is 9.93. The molecule has 0 aromatic carbocycles. The normalized spacial score (nSPS) is 11.2. The van der Waals surface area contributed by atoms with Crippen LogP contribution in [-0.2, 0) is 0 Å².